The van der Waals surface area contributed by atoms with Crippen LogP contribution >= 0.6 is 11.6 Å². The van der Waals surface area contributed by atoms with E-state index in [1.807, 2.05) is 67.6 Å². The zero-order valence-electron chi connectivity index (χ0n) is 20.3. The largest absolute Gasteiger partial charge is 0.486 e. The highest BCUT2D eigenvalue weighted by molar-refractivity contribution is 6.30. The third-order valence-electron chi connectivity index (χ3n) is 4.95. The molecule has 0 saturated carbocycles. The van der Waals surface area contributed by atoms with Crippen LogP contribution in [0.2, 0.25) is 5.02 Å². The Morgan fingerprint density at radius 3 is 1.46 bits per heavy atom. The van der Waals surface area contributed by atoms with Gasteiger partial charge in [-0.1, -0.05) is 72.3 Å². The molecular formula is C28H27ClN2O6. The molecule has 9 heteroatoms. The number of hydrogen-bond donors (Lipinski definition) is 1. The SMILES string of the molecule is C[C@H](O)c1ccccc1.C[C@H](Oc1ccc([N+](=O)[O-])cc1)c1ccccc1.O=[N+]([O-])c1ccc(Cl)cc1. The molecule has 0 heterocycles. The third-order valence-corrected chi connectivity index (χ3v) is 5.20. The predicted octanol–water partition coefficient (Wildman–Crippen LogP) is 7.72. The van der Waals surface area contributed by atoms with Crippen LogP contribution in [-0.4, -0.2) is 15.0 Å². The van der Waals surface area contributed by atoms with E-state index in [0.717, 1.165) is 11.1 Å². The van der Waals surface area contributed by atoms with Gasteiger partial charge in [-0.15, -0.1) is 0 Å². The molecular weight excluding hydrogens is 496 g/mol. The number of non-ortho nitro benzene ring substituents is 2. The van der Waals surface area contributed by atoms with Gasteiger partial charge in [-0.2, -0.15) is 0 Å². The molecule has 0 aliphatic carbocycles. The van der Waals surface area contributed by atoms with Gasteiger partial charge in [0.25, 0.3) is 11.4 Å². The lowest BCUT2D eigenvalue weighted by Gasteiger charge is -2.14. The van der Waals surface area contributed by atoms with Crippen LogP contribution in [0, 0.1) is 20.2 Å². The van der Waals surface area contributed by atoms with Gasteiger partial charge >= 0.3 is 0 Å². The van der Waals surface area contributed by atoms with Gasteiger partial charge in [-0.25, -0.2) is 0 Å². The van der Waals surface area contributed by atoms with Crippen molar-refractivity contribution in [2.24, 2.45) is 0 Å². The monoisotopic (exact) mass is 522 g/mol. The highest BCUT2D eigenvalue weighted by Crippen LogP contribution is 2.23. The van der Waals surface area contributed by atoms with Crippen LogP contribution in [0.1, 0.15) is 37.2 Å². The summed E-state index contributed by atoms with van der Waals surface area (Å²) in [5.41, 5.74) is 2.16. The van der Waals surface area contributed by atoms with E-state index < -0.39 is 9.85 Å². The Balaban J connectivity index is 0.000000214. The van der Waals surface area contributed by atoms with E-state index in [2.05, 4.69) is 0 Å². The second-order valence-electron chi connectivity index (χ2n) is 7.74. The summed E-state index contributed by atoms with van der Waals surface area (Å²) in [6.45, 7) is 3.70. The lowest BCUT2D eigenvalue weighted by molar-refractivity contribution is -0.385. The van der Waals surface area contributed by atoms with Crippen LogP contribution in [-0.2, 0) is 0 Å². The molecule has 0 bridgehead atoms. The fourth-order valence-corrected chi connectivity index (χ4v) is 3.06. The number of nitrogens with zero attached hydrogens (tertiary/aromatic N) is 2. The van der Waals surface area contributed by atoms with E-state index in [-0.39, 0.29) is 23.6 Å². The zero-order chi connectivity index (χ0) is 27.2. The van der Waals surface area contributed by atoms with Gasteiger partial charge in [0.2, 0.25) is 0 Å². The fraction of sp³-hybridized carbons (Fsp3) is 0.143. The van der Waals surface area contributed by atoms with Crippen molar-refractivity contribution in [2.45, 2.75) is 26.1 Å². The summed E-state index contributed by atoms with van der Waals surface area (Å²) >= 11 is 5.49. The zero-order valence-corrected chi connectivity index (χ0v) is 21.1. The molecule has 4 rings (SSSR count). The minimum atomic E-state index is -0.462. The molecule has 0 saturated heterocycles. The quantitative estimate of drug-likeness (QED) is 0.204. The number of rotatable bonds is 6. The first-order chi connectivity index (χ1) is 17.7. The Hall–Kier alpha value is -4.27. The molecule has 2 atom stereocenters. The molecule has 37 heavy (non-hydrogen) atoms. The highest BCUT2D eigenvalue weighted by atomic mass is 35.5. The van der Waals surface area contributed by atoms with Crippen molar-refractivity contribution in [3.8, 4) is 5.75 Å². The van der Waals surface area contributed by atoms with Crippen LogP contribution < -0.4 is 4.74 Å². The van der Waals surface area contributed by atoms with Crippen LogP contribution in [0.5, 0.6) is 5.75 Å². The molecule has 192 valence electrons. The highest BCUT2D eigenvalue weighted by Gasteiger charge is 2.09. The Kier molecular flexibility index (Phi) is 11.7. The van der Waals surface area contributed by atoms with Gasteiger partial charge < -0.3 is 9.84 Å². The second-order valence-corrected chi connectivity index (χ2v) is 8.18. The van der Waals surface area contributed by atoms with Gasteiger partial charge in [0.15, 0.2) is 0 Å². The molecule has 0 unspecified atom stereocenters. The molecule has 0 spiro atoms. The first-order valence-electron chi connectivity index (χ1n) is 11.3. The lowest BCUT2D eigenvalue weighted by Crippen LogP contribution is -2.02. The maximum absolute atomic E-state index is 10.5. The summed E-state index contributed by atoms with van der Waals surface area (Å²) in [5, 5.41) is 30.1. The molecule has 0 aliphatic rings. The molecule has 0 aromatic heterocycles. The number of halogens is 1. The minimum Gasteiger partial charge on any atom is -0.486 e. The maximum atomic E-state index is 10.5. The van der Waals surface area contributed by atoms with Crippen LogP contribution in [0.3, 0.4) is 0 Å². The first-order valence-corrected chi connectivity index (χ1v) is 11.6. The molecule has 4 aromatic carbocycles. The van der Waals surface area contributed by atoms with Crippen molar-refractivity contribution in [3.05, 3.63) is 146 Å². The molecule has 8 nitrogen and oxygen atoms in total. The molecule has 0 aliphatic heterocycles. The minimum absolute atomic E-state index is 0.0596. The molecule has 0 radical (unpaired) electrons. The third kappa shape index (κ3) is 10.5. The summed E-state index contributed by atoms with van der Waals surface area (Å²) in [5.74, 6) is 0.622. The Morgan fingerprint density at radius 2 is 1.08 bits per heavy atom. The molecule has 0 fully saturated rings. The van der Waals surface area contributed by atoms with Gasteiger partial charge in [0.1, 0.15) is 11.9 Å². The summed E-state index contributed by atoms with van der Waals surface area (Å²) in [6, 6.07) is 31.2. The van der Waals surface area contributed by atoms with Crippen LogP contribution in [0.4, 0.5) is 11.4 Å². The summed E-state index contributed by atoms with van der Waals surface area (Å²) < 4.78 is 5.71. The van der Waals surface area contributed by atoms with Crippen LogP contribution in [0.25, 0.3) is 0 Å². The standard InChI is InChI=1S/C14H13NO3.C8H10O.C6H4ClNO2/c1-11(12-5-3-2-4-6-12)18-14-9-7-13(8-10-14)15(16)17;1-7(9)8-5-3-2-4-6-8;7-5-1-3-6(4-2-5)8(9)10/h2-11H,1H3;2-7,9H,1H3;1-4H/t11-;7-;/m00./s1. The average molecular weight is 523 g/mol. The van der Waals surface area contributed by atoms with E-state index in [9.17, 15) is 20.2 Å². The van der Waals surface area contributed by atoms with Crippen molar-refractivity contribution in [3.63, 3.8) is 0 Å². The molecule has 1 N–H and O–H groups in total. The Morgan fingerprint density at radius 1 is 0.676 bits per heavy atom. The molecule has 4 aromatic rings. The summed E-state index contributed by atoms with van der Waals surface area (Å²) in [4.78, 5) is 19.7. The van der Waals surface area contributed by atoms with E-state index in [1.54, 1.807) is 19.1 Å². The van der Waals surface area contributed by atoms with Crippen molar-refractivity contribution < 1.29 is 19.7 Å². The average Bonchev–Trinajstić information content (AvgIpc) is 2.91. The van der Waals surface area contributed by atoms with Crippen molar-refractivity contribution in [2.75, 3.05) is 0 Å². The van der Waals surface area contributed by atoms with E-state index in [4.69, 9.17) is 21.4 Å². The van der Waals surface area contributed by atoms with Gasteiger partial charge in [-0.05, 0) is 49.2 Å². The normalized spacial score (nSPS) is 11.5. The summed E-state index contributed by atoms with van der Waals surface area (Å²) in [6.07, 6.45) is -0.432. The number of ether oxygens (including phenoxy) is 1. The maximum Gasteiger partial charge on any atom is 0.269 e. The van der Waals surface area contributed by atoms with Gasteiger partial charge in [0, 0.05) is 29.3 Å². The Labute approximate surface area is 220 Å². The number of benzene rings is 4. The van der Waals surface area contributed by atoms with Crippen LogP contribution in [0.15, 0.2) is 109 Å². The van der Waals surface area contributed by atoms with E-state index >= 15 is 0 Å². The molecule has 0 amide bonds. The fourth-order valence-electron chi connectivity index (χ4n) is 2.94. The van der Waals surface area contributed by atoms with E-state index in [0.29, 0.717) is 10.8 Å². The van der Waals surface area contributed by atoms with Crippen molar-refractivity contribution in [1.29, 1.82) is 0 Å². The number of aliphatic hydroxyl groups is 1. The predicted molar refractivity (Wildman–Crippen MR) is 144 cm³/mol. The van der Waals surface area contributed by atoms with E-state index in [1.165, 1.54) is 36.4 Å². The van der Waals surface area contributed by atoms with Gasteiger partial charge in [0.05, 0.1) is 16.0 Å². The smallest absolute Gasteiger partial charge is 0.269 e. The first kappa shape index (κ1) is 29.0. The Bertz CT molecular complexity index is 1240. The van der Waals surface area contributed by atoms with Gasteiger partial charge in [-0.3, -0.25) is 20.2 Å². The van der Waals surface area contributed by atoms with Crippen molar-refractivity contribution in [1.82, 2.24) is 0 Å². The number of hydrogen-bond acceptors (Lipinski definition) is 6. The second kappa shape index (κ2) is 15.0. The van der Waals surface area contributed by atoms with Crippen molar-refractivity contribution >= 4 is 23.0 Å². The lowest BCUT2D eigenvalue weighted by atomic mass is 10.1. The number of aliphatic hydroxyl groups excluding tert-OH is 1. The number of nitro groups is 2. The topological polar surface area (TPSA) is 116 Å². The number of nitro benzene ring substituents is 2. The summed E-state index contributed by atoms with van der Waals surface area (Å²) in [7, 11) is 0.